The molecule has 0 radical (unpaired) electrons. The van der Waals surface area contributed by atoms with E-state index in [0.717, 1.165) is 0 Å². The van der Waals surface area contributed by atoms with E-state index in [2.05, 4.69) is 49.1 Å². The Morgan fingerprint density at radius 2 is 2.00 bits per heavy atom. The van der Waals surface area contributed by atoms with Crippen molar-refractivity contribution in [3.63, 3.8) is 0 Å². The van der Waals surface area contributed by atoms with Crippen molar-refractivity contribution in [2.75, 3.05) is 11.9 Å². The Bertz CT molecular complexity index is 503. The van der Waals surface area contributed by atoms with E-state index in [1.807, 2.05) is 0 Å². The summed E-state index contributed by atoms with van der Waals surface area (Å²) in [7, 11) is 0. The number of amides is 2. The third kappa shape index (κ3) is 4.89. The Kier molecular flexibility index (Phi) is 5.36. The van der Waals surface area contributed by atoms with Crippen LogP contribution in [0.5, 0.6) is 0 Å². The maximum absolute atomic E-state index is 11.5. The van der Waals surface area contributed by atoms with Crippen LogP contribution in [0.1, 0.15) is 10.4 Å². The molecule has 0 aliphatic heterocycles. The van der Waals surface area contributed by atoms with E-state index in [9.17, 15) is 9.59 Å². The van der Waals surface area contributed by atoms with Crippen LogP contribution in [0.2, 0.25) is 0 Å². The highest BCUT2D eigenvalue weighted by atomic mass is 79.9. The van der Waals surface area contributed by atoms with Crippen LogP contribution in [0.3, 0.4) is 0 Å². The third-order valence-corrected chi connectivity index (χ3v) is 2.58. The first-order valence-electron chi connectivity index (χ1n) is 4.80. The lowest BCUT2D eigenvalue weighted by Crippen LogP contribution is -2.29. The third-order valence-electron chi connectivity index (χ3n) is 1.84. The second-order valence-corrected chi connectivity index (χ2v) is 5.40. The average molecular weight is 378 g/mol. The molecule has 0 heterocycles. The van der Waals surface area contributed by atoms with Gasteiger partial charge in [0.1, 0.15) is 0 Å². The summed E-state index contributed by atoms with van der Waals surface area (Å²) in [6, 6.07) is 3.99. The number of halogens is 2. The van der Waals surface area contributed by atoms with Crippen molar-refractivity contribution in [1.82, 2.24) is 5.32 Å². The van der Waals surface area contributed by atoms with Gasteiger partial charge in [0, 0.05) is 14.6 Å². The van der Waals surface area contributed by atoms with Crippen LogP contribution >= 0.6 is 31.9 Å². The number of urea groups is 1. The Balaban J connectivity index is 2.75. The summed E-state index contributed by atoms with van der Waals surface area (Å²) in [5.41, 5.74) is 0.476. The molecular formula is C11H10Br2N2O3. The van der Waals surface area contributed by atoms with Gasteiger partial charge in [0.05, 0.1) is 12.1 Å². The van der Waals surface area contributed by atoms with E-state index in [-0.39, 0.29) is 12.1 Å². The van der Waals surface area contributed by atoms with Gasteiger partial charge in [0.15, 0.2) is 0 Å². The van der Waals surface area contributed by atoms with Gasteiger partial charge in [0.25, 0.3) is 0 Å². The summed E-state index contributed by atoms with van der Waals surface area (Å²) in [6.07, 6.45) is 0. The zero-order chi connectivity index (χ0) is 13.7. The topological polar surface area (TPSA) is 78.4 Å². The Morgan fingerprint density at radius 1 is 1.33 bits per heavy atom. The first-order valence-corrected chi connectivity index (χ1v) is 6.39. The largest absolute Gasteiger partial charge is 0.478 e. The van der Waals surface area contributed by atoms with Gasteiger partial charge in [-0.2, -0.15) is 0 Å². The monoisotopic (exact) mass is 376 g/mol. The van der Waals surface area contributed by atoms with Crippen molar-refractivity contribution < 1.29 is 14.7 Å². The zero-order valence-electron chi connectivity index (χ0n) is 9.17. The SMILES string of the molecule is C=C(Br)CNC(=O)Nc1cc(Br)cc(C(=O)O)c1. The smallest absolute Gasteiger partial charge is 0.335 e. The minimum Gasteiger partial charge on any atom is -0.478 e. The molecule has 0 fully saturated rings. The molecule has 7 heteroatoms. The van der Waals surface area contributed by atoms with E-state index in [0.29, 0.717) is 14.6 Å². The van der Waals surface area contributed by atoms with Crippen molar-refractivity contribution in [1.29, 1.82) is 0 Å². The Hall–Kier alpha value is -1.34. The molecule has 5 nitrogen and oxygen atoms in total. The number of carboxylic acid groups (broad SMARTS) is 1. The minimum atomic E-state index is -1.06. The molecule has 0 unspecified atom stereocenters. The standard InChI is InChI=1S/C11H10Br2N2O3/c1-6(12)5-14-11(18)15-9-3-7(10(16)17)2-8(13)4-9/h2-4H,1,5H2,(H,16,17)(H2,14,15,18). The Labute approximate surface area is 121 Å². The van der Waals surface area contributed by atoms with Gasteiger partial charge in [-0.25, -0.2) is 9.59 Å². The molecule has 0 bridgehead atoms. The maximum Gasteiger partial charge on any atom is 0.335 e. The van der Waals surface area contributed by atoms with Crippen molar-refractivity contribution in [3.8, 4) is 0 Å². The van der Waals surface area contributed by atoms with Gasteiger partial charge in [-0.1, -0.05) is 38.4 Å². The van der Waals surface area contributed by atoms with Gasteiger partial charge in [-0.15, -0.1) is 0 Å². The lowest BCUT2D eigenvalue weighted by Gasteiger charge is -2.08. The number of hydrogen-bond acceptors (Lipinski definition) is 2. The molecule has 0 aliphatic carbocycles. The number of nitrogens with one attached hydrogen (secondary N) is 2. The van der Waals surface area contributed by atoms with E-state index < -0.39 is 12.0 Å². The highest BCUT2D eigenvalue weighted by Gasteiger charge is 2.08. The van der Waals surface area contributed by atoms with Gasteiger partial charge >= 0.3 is 12.0 Å². The summed E-state index contributed by atoms with van der Waals surface area (Å²) < 4.78 is 1.21. The van der Waals surface area contributed by atoms with Crippen LogP contribution in [-0.2, 0) is 0 Å². The van der Waals surface area contributed by atoms with Crippen LogP contribution in [0.4, 0.5) is 10.5 Å². The van der Waals surface area contributed by atoms with E-state index in [1.54, 1.807) is 6.07 Å². The predicted molar refractivity (Wildman–Crippen MR) is 76.2 cm³/mol. The van der Waals surface area contributed by atoms with Crippen molar-refractivity contribution in [2.45, 2.75) is 0 Å². The maximum atomic E-state index is 11.5. The molecule has 0 atom stereocenters. The summed E-state index contributed by atoms with van der Waals surface area (Å²) in [4.78, 5) is 22.3. The molecule has 0 saturated heterocycles. The fraction of sp³-hybridized carbons (Fsp3) is 0.0909. The Morgan fingerprint density at radius 3 is 2.56 bits per heavy atom. The van der Waals surface area contributed by atoms with Crippen LogP contribution in [0, 0.1) is 0 Å². The van der Waals surface area contributed by atoms with Crippen LogP contribution in [0.15, 0.2) is 33.7 Å². The molecule has 0 saturated carbocycles. The number of carbonyl (C=O) groups is 2. The second kappa shape index (κ2) is 6.55. The number of carbonyl (C=O) groups excluding carboxylic acids is 1. The molecule has 2 amide bonds. The predicted octanol–water partition coefficient (Wildman–Crippen LogP) is 3.18. The summed E-state index contributed by atoms with van der Waals surface area (Å²) in [5.74, 6) is -1.06. The van der Waals surface area contributed by atoms with Gasteiger partial charge in [-0.3, -0.25) is 0 Å². The zero-order valence-corrected chi connectivity index (χ0v) is 12.3. The fourth-order valence-corrected chi connectivity index (χ4v) is 1.77. The lowest BCUT2D eigenvalue weighted by atomic mass is 10.2. The summed E-state index contributed by atoms with van der Waals surface area (Å²) in [5, 5.41) is 13.9. The molecule has 1 aromatic carbocycles. The highest BCUT2D eigenvalue weighted by Crippen LogP contribution is 2.19. The molecular weight excluding hydrogens is 368 g/mol. The van der Waals surface area contributed by atoms with Gasteiger partial charge in [-0.05, 0) is 18.2 Å². The number of carboxylic acids is 1. The molecule has 96 valence electrons. The molecule has 0 spiro atoms. The second-order valence-electron chi connectivity index (χ2n) is 3.36. The number of hydrogen-bond donors (Lipinski definition) is 3. The number of benzene rings is 1. The van der Waals surface area contributed by atoms with Crippen molar-refractivity contribution >= 4 is 49.5 Å². The van der Waals surface area contributed by atoms with Crippen LogP contribution < -0.4 is 10.6 Å². The summed E-state index contributed by atoms with van der Waals surface area (Å²) >= 11 is 6.29. The van der Waals surface area contributed by atoms with E-state index in [4.69, 9.17) is 5.11 Å². The fourth-order valence-electron chi connectivity index (χ4n) is 1.14. The summed E-state index contributed by atoms with van der Waals surface area (Å²) in [6.45, 7) is 3.86. The first-order chi connectivity index (χ1) is 8.38. The number of rotatable bonds is 4. The number of anilines is 1. The lowest BCUT2D eigenvalue weighted by molar-refractivity contribution is 0.0697. The number of aromatic carboxylic acids is 1. The van der Waals surface area contributed by atoms with E-state index in [1.165, 1.54) is 12.1 Å². The quantitative estimate of drug-likeness (QED) is 0.753. The van der Waals surface area contributed by atoms with Gasteiger partial charge in [0.2, 0.25) is 0 Å². The normalized spacial score (nSPS) is 9.67. The first kappa shape index (κ1) is 14.7. The molecule has 0 aromatic heterocycles. The molecule has 1 aromatic rings. The van der Waals surface area contributed by atoms with Crippen molar-refractivity contribution in [3.05, 3.63) is 39.3 Å². The molecule has 18 heavy (non-hydrogen) atoms. The average Bonchev–Trinajstić information content (AvgIpc) is 2.25. The molecule has 0 aliphatic rings. The molecule has 3 N–H and O–H groups in total. The van der Waals surface area contributed by atoms with Gasteiger partial charge < -0.3 is 15.7 Å². The minimum absolute atomic E-state index is 0.0876. The van der Waals surface area contributed by atoms with E-state index >= 15 is 0 Å². The molecule has 1 rings (SSSR count). The van der Waals surface area contributed by atoms with Crippen LogP contribution in [0.25, 0.3) is 0 Å². The van der Waals surface area contributed by atoms with Crippen LogP contribution in [-0.4, -0.2) is 23.7 Å². The highest BCUT2D eigenvalue weighted by molar-refractivity contribution is 9.11. The van der Waals surface area contributed by atoms with Crippen molar-refractivity contribution in [2.24, 2.45) is 0 Å².